The molecule has 0 bridgehead atoms. The van der Waals surface area contributed by atoms with Gasteiger partial charge in [-0.25, -0.2) is 4.79 Å². The second-order valence-electron chi connectivity index (χ2n) is 1.26. The molecule has 3 nitrogen and oxygen atoms in total. The molecule has 0 spiro atoms. The van der Waals surface area contributed by atoms with Gasteiger partial charge < -0.3 is 0 Å². The van der Waals surface area contributed by atoms with Crippen molar-refractivity contribution in [2.24, 2.45) is 0 Å². The summed E-state index contributed by atoms with van der Waals surface area (Å²) >= 11 is 0. The van der Waals surface area contributed by atoms with Crippen molar-refractivity contribution in [3.63, 3.8) is 0 Å². The van der Waals surface area contributed by atoms with Crippen LogP contribution >= 0.6 is 0 Å². The van der Waals surface area contributed by atoms with Gasteiger partial charge in [0.2, 0.25) is 0 Å². The average Bonchev–Trinajstić information content (AvgIpc) is 1.69. The van der Waals surface area contributed by atoms with E-state index in [2.05, 4.69) is 4.84 Å². The second-order valence-corrected chi connectivity index (χ2v) is 1.26. The highest BCUT2D eigenvalue weighted by atomic mass is 16.7. The van der Waals surface area contributed by atoms with Crippen LogP contribution in [-0.2, 0) is 9.63 Å². The molecule has 0 saturated heterocycles. The molecule has 38 valence electrons. The molecule has 1 aliphatic heterocycles. The highest BCUT2D eigenvalue weighted by Gasteiger charge is 2.03. The number of quaternary nitrogens is 1. The van der Waals surface area contributed by atoms with Gasteiger partial charge in [0, 0.05) is 6.08 Å². The Bertz CT molecular complexity index is 108. The Morgan fingerprint density at radius 2 is 2.71 bits per heavy atom. The van der Waals surface area contributed by atoms with Crippen LogP contribution in [0, 0.1) is 0 Å². The van der Waals surface area contributed by atoms with Crippen LogP contribution in [0.2, 0.25) is 0 Å². The van der Waals surface area contributed by atoms with E-state index in [-0.39, 0.29) is 5.91 Å². The third kappa shape index (κ3) is 1.10. The maximum absolute atomic E-state index is 10.2. The number of hydroxylamine groups is 1. The predicted molar refractivity (Wildman–Crippen MR) is 22.0 cm³/mol. The molecule has 0 unspecified atom stereocenters. The second kappa shape index (κ2) is 1.86. The smallest absolute Gasteiger partial charge is 0.223 e. The van der Waals surface area contributed by atoms with Gasteiger partial charge in [-0.05, 0) is 6.08 Å². The summed E-state index contributed by atoms with van der Waals surface area (Å²) in [4.78, 5) is 14.8. The molecule has 1 amide bonds. The van der Waals surface area contributed by atoms with Crippen molar-refractivity contribution in [3.05, 3.63) is 12.2 Å². The van der Waals surface area contributed by atoms with Crippen LogP contribution in [0.4, 0.5) is 0 Å². The number of hydrogen-bond acceptors (Lipinski definition) is 2. The molecule has 0 aromatic heterocycles. The lowest BCUT2D eigenvalue weighted by molar-refractivity contribution is -0.824. The molecule has 2 N–H and O–H groups in total. The van der Waals surface area contributed by atoms with E-state index in [9.17, 15) is 4.79 Å². The Kier molecular flexibility index (Phi) is 1.19. The van der Waals surface area contributed by atoms with Crippen molar-refractivity contribution >= 4 is 5.91 Å². The molecular formula is C4H6NO2+. The molecule has 0 aliphatic carbocycles. The Morgan fingerprint density at radius 3 is 3.00 bits per heavy atom. The van der Waals surface area contributed by atoms with Gasteiger partial charge in [0.15, 0.2) is 0 Å². The van der Waals surface area contributed by atoms with Gasteiger partial charge in [-0.1, -0.05) is 0 Å². The zero-order valence-electron chi connectivity index (χ0n) is 3.76. The Hall–Kier alpha value is -0.670. The first kappa shape index (κ1) is 4.49. The number of nitrogens with two attached hydrogens (primary N) is 1. The molecule has 0 aromatic rings. The van der Waals surface area contributed by atoms with Crippen LogP contribution in [-0.4, -0.2) is 12.5 Å². The van der Waals surface area contributed by atoms with E-state index in [4.69, 9.17) is 0 Å². The highest BCUT2D eigenvalue weighted by molar-refractivity contribution is 5.78. The van der Waals surface area contributed by atoms with Crippen molar-refractivity contribution in [2.75, 3.05) is 6.61 Å². The summed E-state index contributed by atoms with van der Waals surface area (Å²) in [5.41, 5.74) is 1.21. The summed E-state index contributed by atoms with van der Waals surface area (Å²) in [5.74, 6) is -0.0637. The minimum absolute atomic E-state index is 0.0637. The molecule has 3 heteroatoms. The molecule has 0 aromatic carbocycles. The lowest BCUT2D eigenvalue weighted by Gasteiger charge is -1.96. The van der Waals surface area contributed by atoms with E-state index >= 15 is 0 Å². The summed E-state index contributed by atoms with van der Waals surface area (Å²) in [7, 11) is 0. The Morgan fingerprint density at radius 1 is 1.86 bits per heavy atom. The fourth-order valence-electron chi connectivity index (χ4n) is 0.389. The summed E-state index contributed by atoms with van der Waals surface area (Å²) in [6.45, 7) is 0.533. The van der Waals surface area contributed by atoms with Gasteiger partial charge in [-0.2, -0.15) is 4.84 Å². The van der Waals surface area contributed by atoms with Gasteiger partial charge in [-0.3, -0.25) is 0 Å². The number of primary amides is 1. The van der Waals surface area contributed by atoms with E-state index in [1.807, 2.05) is 0 Å². The summed E-state index contributed by atoms with van der Waals surface area (Å²) in [5, 5.41) is 0. The van der Waals surface area contributed by atoms with Crippen LogP contribution in [0.1, 0.15) is 0 Å². The number of carbonyl (C=O) groups is 1. The lowest BCUT2D eigenvalue weighted by Crippen LogP contribution is -2.87. The van der Waals surface area contributed by atoms with Gasteiger partial charge in [0.25, 0.3) is 0 Å². The van der Waals surface area contributed by atoms with E-state index in [0.29, 0.717) is 6.61 Å². The zero-order valence-corrected chi connectivity index (χ0v) is 3.76. The lowest BCUT2D eigenvalue weighted by atomic mass is 10.5. The molecule has 1 aliphatic rings. The topological polar surface area (TPSA) is 42.9 Å². The summed E-state index contributed by atoms with van der Waals surface area (Å²) in [6.07, 6.45) is 3.17. The fourth-order valence-corrected chi connectivity index (χ4v) is 0.389. The van der Waals surface area contributed by atoms with Crippen molar-refractivity contribution in [1.29, 1.82) is 0 Å². The number of rotatable bonds is 0. The fraction of sp³-hybridized carbons (Fsp3) is 0.250. The van der Waals surface area contributed by atoms with Crippen LogP contribution in [0.25, 0.3) is 0 Å². The monoisotopic (exact) mass is 100 g/mol. The van der Waals surface area contributed by atoms with E-state index in [1.54, 1.807) is 6.08 Å². The normalized spacial score (nSPS) is 20.3. The molecule has 0 atom stereocenters. The van der Waals surface area contributed by atoms with Crippen LogP contribution in [0.5, 0.6) is 0 Å². The van der Waals surface area contributed by atoms with Crippen LogP contribution < -0.4 is 5.48 Å². The highest BCUT2D eigenvalue weighted by Crippen LogP contribution is 1.73. The number of amides is 1. The number of carbonyl (C=O) groups excluding carboxylic acids is 1. The quantitative estimate of drug-likeness (QED) is 0.406. The van der Waals surface area contributed by atoms with Crippen molar-refractivity contribution in [2.45, 2.75) is 0 Å². The van der Waals surface area contributed by atoms with Crippen molar-refractivity contribution in [3.8, 4) is 0 Å². The Balaban J connectivity index is 2.51. The van der Waals surface area contributed by atoms with Crippen molar-refractivity contribution in [1.82, 2.24) is 0 Å². The molecule has 0 radical (unpaired) electrons. The maximum Gasteiger partial charge on any atom is 0.367 e. The minimum atomic E-state index is -0.0637. The van der Waals surface area contributed by atoms with Crippen LogP contribution in [0.15, 0.2) is 12.2 Å². The zero-order chi connectivity index (χ0) is 5.11. The maximum atomic E-state index is 10.2. The predicted octanol–water partition coefficient (Wildman–Crippen LogP) is -1.42. The molecule has 1 heterocycles. The third-order valence-corrected chi connectivity index (χ3v) is 0.674. The van der Waals surface area contributed by atoms with E-state index in [0.717, 1.165) is 0 Å². The van der Waals surface area contributed by atoms with E-state index < -0.39 is 0 Å². The number of hydrogen-bond donors (Lipinski definition) is 1. The molecular weight excluding hydrogens is 94.0 g/mol. The third-order valence-electron chi connectivity index (χ3n) is 0.674. The van der Waals surface area contributed by atoms with Gasteiger partial charge >= 0.3 is 5.91 Å². The van der Waals surface area contributed by atoms with Crippen LogP contribution in [0.3, 0.4) is 0 Å². The molecule has 0 saturated carbocycles. The van der Waals surface area contributed by atoms with Gasteiger partial charge in [0.1, 0.15) is 6.61 Å². The van der Waals surface area contributed by atoms with Gasteiger partial charge in [0.05, 0.1) is 0 Å². The summed E-state index contributed by atoms with van der Waals surface area (Å²) < 4.78 is 0. The Labute approximate surface area is 40.9 Å². The van der Waals surface area contributed by atoms with E-state index in [1.165, 1.54) is 11.6 Å². The standard InChI is InChI=1S/C4H5NO2/c6-4-2-1-3-7-5-4/h1-2H,3H2,(H,5,6)/p+1. The molecule has 1 rings (SSSR count). The summed E-state index contributed by atoms with van der Waals surface area (Å²) in [6, 6.07) is 0. The first-order valence-electron chi connectivity index (χ1n) is 2.05. The minimum Gasteiger partial charge on any atom is -0.223 e. The molecule has 0 fully saturated rings. The first-order chi connectivity index (χ1) is 3.39. The van der Waals surface area contributed by atoms with Gasteiger partial charge in [-0.15, -0.1) is 5.48 Å². The largest absolute Gasteiger partial charge is 0.367 e. The SMILES string of the molecule is O=C1C=CCO[NH2+]1. The van der Waals surface area contributed by atoms with Crippen molar-refractivity contribution < 1.29 is 15.1 Å². The first-order valence-corrected chi connectivity index (χ1v) is 2.05. The molecule has 7 heavy (non-hydrogen) atoms. The average molecular weight is 100 g/mol.